The van der Waals surface area contributed by atoms with Gasteiger partial charge in [-0.2, -0.15) is 0 Å². The summed E-state index contributed by atoms with van der Waals surface area (Å²) >= 11 is 3.55. The smallest absolute Gasteiger partial charge is 0.256 e. The molecule has 0 bridgehead atoms. The van der Waals surface area contributed by atoms with Gasteiger partial charge in [0, 0.05) is 52.3 Å². The highest BCUT2D eigenvalue weighted by atomic mass is 79.9. The van der Waals surface area contributed by atoms with E-state index < -0.39 is 0 Å². The lowest BCUT2D eigenvalue weighted by molar-refractivity contribution is -0.110. The highest BCUT2D eigenvalue weighted by Crippen LogP contribution is 2.41. The molecule has 3 heterocycles. The second-order valence-electron chi connectivity index (χ2n) is 9.59. The number of carbonyl (C=O) groups excluding carboxylic acids is 2. The van der Waals surface area contributed by atoms with E-state index in [0.29, 0.717) is 24.2 Å². The number of piperazine rings is 1. The number of nitrogens with zero attached hydrogens (tertiary/aromatic N) is 1. The summed E-state index contributed by atoms with van der Waals surface area (Å²) in [5.41, 5.74) is 7.41. The second kappa shape index (κ2) is 9.13. The lowest BCUT2D eigenvalue weighted by Gasteiger charge is -2.36. The number of aromatic nitrogens is 1. The number of aryl methyl sites for hydroxylation is 1. The highest BCUT2D eigenvalue weighted by molar-refractivity contribution is 9.10. The van der Waals surface area contributed by atoms with Gasteiger partial charge in [0.25, 0.3) is 11.8 Å². The molecule has 35 heavy (non-hydrogen) atoms. The number of rotatable bonds is 3. The van der Waals surface area contributed by atoms with Crippen LogP contribution in [-0.2, 0) is 4.79 Å². The molecule has 1 saturated heterocycles. The normalized spacial score (nSPS) is 20.8. The fraction of sp³-hybridized carbons (Fsp3) is 0.286. The van der Waals surface area contributed by atoms with Crippen LogP contribution in [-0.4, -0.2) is 46.9 Å². The van der Waals surface area contributed by atoms with Crippen molar-refractivity contribution in [3.05, 3.63) is 75.0 Å². The molecule has 180 valence electrons. The average molecular weight is 533 g/mol. The first-order chi connectivity index (χ1) is 16.7. The van der Waals surface area contributed by atoms with Crippen LogP contribution in [0.3, 0.4) is 0 Å². The van der Waals surface area contributed by atoms with Gasteiger partial charge in [-0.15, -0.1) is 0 Å². The maximum Gasteiger partial charge on any atom is 0.256 e. The van der Waals surface area contributed by atoms with E-state index in [4.69, 9.17) is 0 Å². The summed E-state index contributed by atoms with van der Waals surface area (Å²) in [6.07, 6.45) is 1.88. The lowest BCUT2D eigenvalue weighted by Crippen LogP contribution is -2.55. The van der Waals surface area contributed by atoms with Gasteiger partial charge in [-0.3, -0.25) is 9.59 Å². The molecule has 2 aromatic carbocycles. The Labute approximate surface area is 213 Å². The van der Waals surface area contributed by atoms with Crippen molar-refractivity contribution in [2.24, 2.45) is 0 Å². The number of anilines is 1. The molecule has 2 aliphatic heterocycles. The van der Waals surface area contributed by atoms with Crippen molar-refractivity contribution in [2.75, 3.05) is 18.4 Å². The maximum absolute atomic E-state index is 13.5. The molecule has 2 amide bonds. The van der Waals surface area contributed by atoms with Gasteiger partial charge in [0.1, 0.15) is 0 Å². The number of fused-ring (bicyclic) bond motifs is 1. The lowest BCUT2D eigenvalue weighted by atomic mass is 9.94. The van der Waals surface area contributed by atoms with E-state index in [-0.39, 0.29) is 23.9 Å². The quantitative estimate of drug-likeness (QED) is 0.396. The van der Waals surface area contributed by atoms with Gasteiger partial charge in [0.15, 0.2) is 0 Å². The minimum Gasteiger partial charge on any atom is -0.358 e. The SMILES string of the molecule is Cc1[nH]c(/C=C2\C(=O)Nc3cccc(-c4cccc(Br)c4)c32)c(C)c1C(=O)N1C[C@H](C)N[C@@H](C)C1. The fourth-order valence-electron chi connectivity index (χ4n) is 5.32. The number of benzene rings is 2. The van der Waals surface area contributed by atoms with Crippen molar-refractivity contribution in [3.63, 3.8) is 0 Å². The number of nitrogens with one attached hydrogen (secondary N) is 3. The van der Waals surface area contributed by atoms with E-state index in [1.807, 2.05) is 67.3 Å². The third-order valence-corrected chi connectivity index (χ3v) is 7.28. The molecule has 0 unspecified atom stereocenters. The molecule has 0 radical (unpaired) electrons. The summed E-state index contributed by atoms with van der Waals surface area (Å²) in [7, 11) is 0. The predicted octanol–water partition coefficient (Wildman–Crippen LogP) is 5.38. The zero-order valence-corrected chi connectivity index (χ0v) is 21.9. The third kappa shape index (κ3) is 4.34. The van der Waals surface area contributed by atoms with Crippen LogP contribution < -0.4 is 10.6 Å². The summed E-state index contributed by atoms with van der Waals surface area (Å²) in [6, 6.07) is 14.5. The number of hydrogen-bond donors (Lipinski definition) is 3. The summed E-state index contributed by atoms with van der Waals surface area (Å²) in [5, 5.41) is 6.48. The van der Waals surface area contributed by atoms with E-state index in [1.165, 1.54) is 0 Å². The summed E-state index contributed by atoms with van der Waals surface area (Å²) < 4.78 is 0.978. The van der Waals surface area contributed by atoms with Gasteiger partial charge in [0.05, 0.1) is 11.1 Å². The van der Waals surface area contributed by atoms with Gasteiger partial charge < -0.3 is 20.5 Å². The van der Waals surface area contributed by atoms with Crippen molar-refractivity contribution >= 4 is 45.1 Å². The zero-order chi connectivity index (χ0) is 24.9. The van der Waals surface area contributed by atoms with Crippen LogP contribution in [0.25, 0.3) is 22.8 Å². The van der Waals surface area contributed by atoms with Crippen molar-refractivity contribution in [2.45, 2.75) is 39.8 Å². The van der Waals surface area contributed by atoms with Crippen LogP contribution in [0.4, 0.5) is 5.69 Å². The predicted molar refractivity (Wildman–Crippen MR) is 144 cm³/mol. The molecule has 3 N–H and O–H groups in total. The Kier molecular flexibility index (Phi) is 6.15. The molecule has 0 saturated carbocycles. The molecule has 0 aliphatic carbocycles. The van der Waals surface area contributed by atoms with Crippen molar-refractivity contribution < 1.29 is 9.59 Å². The number of hydrogen-bond acceptors (Lipinski definition) is 3. The number of H-pyrrole nitrogens is 1. The Morgan fingerprint density at radius 2 is 1.80 bits per heavy atom. The first kappa shape index (κ1) is 23.6. The standard InChI is InChI=1S/C28H29BrN4O2/c1-15-13-33(14-16(2)30-15)28(35)25-17(3)24(31-18(25)4)12-22-26-21(19-7-5-8-20(29)11-19)9-6-10-23(26)32-27(22)34/h5-12,15-16,30-31H,13-14H2,1-4H3,(H,32,34)/b22-12-/t15-,16-/m0/s1. The number of halogens is 1. The summed E-state index contributed by atoms with van der Waals surface area (Å²) in [4.78, 5) is 31.8. The Morgan fingerprint density at radius 3 is 2.51 bits per heavy atom. The van der Waals surface area contributed by atoms with Crippen LogP contribution in [0.15, 0.2) is 46.9 Å². The van der Waals surface area contributed by atoms with E-state index in [9.17, 15) is 9.59 Å². The monoisotopic (exact) mass is 532 g/mol. The van der Waals surface area contributed by atoms with E-state index in [0.717, 1.165) is 43.8 Å². The molecule has 1 aromatic heterocycles. The largest absolute Gasteiger partial charge is 0.358 e. The molecular weight excluding hydrogens is 504 g/mol. The van der Waals surface area contributed by atoms with Crippen molar-refractivity contribution in [1.82, 2.24) is 15.2 Å². The first-order valence-corrected chi connectivity index (χ1v) is 12.7. The van der Waals surface area contributed by atoms with Gasteiger partial charge in [0.2, 0.25) is 0 Å². The van der Waals surface area contributed by atoms with Gasteiger partial charge in [-0.05, 0) is 68.7 Å². The van der Waals surface area contributed by atoms with Crippen molar-refractivity contribution in [1.29, 1.82) is 0 Å². The molecule has 7 heteroatoms. The van der Waals surface area contributed by atoms with Crippen molar-refractivity contribution in [3.8, 4) is 11.1 Å². The molecule has 1 fully saturated rings. The Hall–Kier alpha value is -3.16. The maximum atomic E-state index is 13.5. The fourth-order valence-corrected chi connectivity index (χ4v) is 5.72. The summed E-state index contributed by atoms with van der Waals surface area (Å²) in [5.74, 6) is -0.112. The Morgan fingerprint density at radius 1 is 1.09 bits per heavy atom. The van der Waals surface area contributed by atoms with Crippen LogP contribution in [0.2, 0.25) is 0 Å². The van der Waals surface area contributed by atoms with Gasteiger partial charge >= 0.3 is 0 Å². The Balaban J connectivity index is 1.56. The molecular formula is C28H29BrN4O2. The van der Waals surface area contributed by atoms with Gasteiger partial charge in [-0.1, -0.05) is 40.2 Å². The Bertz CT molecular complexity index is 1360. The van der Waals surface area contributed by atoms with Crippen LogP contribution in [0, 0.1) is 13.8 Å². The van der Waals surface area contributed by atoms with E-state index >= 15 is 0 Å². The molecule has 2 aliphatic rings. The average Bonchev–Trinajstić information content (AvgIpc) is 3.27. The van der Waals surface area contributed by atoms with Crippen LogP contribution >= 0.6 is 15.9 Å². The topological polar surface area (TPSA) is 77.2 Å². The molecule has 0 spiro atoms. The van der Waals surface area contributed by atoms with E-state index in [2.05, 4.69) is 45.4 Å². The number of carbonyl (C=O) groups is 2. The van der Waals surface area contributed by atoms with E-state index in [1.54, 1.807) is 0 Å². The zero-order valence-electron chi connectivity index (χ0n) is 20.3. The van der Waals surface area contributed by atoms with Crippen LogP contribution in [0.1, 0.15) is 46.7 Å². The summed E-state index contributed by atoms with van der Waals surface area (Å²) in [6.45, 7) is 9.42. The second-order valence-corrected chi connectivity index (χ2v) is 10.5. The molecule has 5 rings (SSSR count). The third-order valence-electron chi connectivity index (χ3n) is 6.79. The molecule has 3 aromatic rings. The minimum atomic E-state index is -0.147. The molecule has 2 atom stereocenters. The molecule has 6 nitrogen and oxygen atoms in total. The number of aromatic amines is 1. The van der Waals surface area contributed by atoms with Crippen LogP contribution in [0.5, 0.6) is 0 Å². The highest BCUT2D eigenvalue weighted by Gasteiger charge is 2.31. The van der Waals surface area contributed by atoms with Gasteiger partial charge in [-0.25, -0.2) is 0 Å². The first-order valence-electron chi connectivity index (χ1n) is 11.9. The minimum absolute atomic E-state index is 0.0344. The number of amides is 2.